The van der Waals surface area contributed by atoms with Gasteiger partial charge in [-0.25, -0.2) is 0 Å². The summed E-state index contributed by atoms with van der Waals surface area (Å²) in [5.41, 5.74) is 6.69. The molecular formula is C28H25ClN2O. The van der Waals surface area contributed by atoms with Gasteiger partial charge in [0.05, 0.1) is 6.04 Å². The van der Waals surface area contributed by atoms with Gasteiger partial charge in [-0.1, -0.05) is 54.1 Å². The summed E-state index contributed by atoms with van der Waals surface area (Å²) in [6, 6.07) is 22.9. The van der Waals surface area contributed by atoms with Crippen molar-refractivity contribution in [2.75, 3.05) is 16.8 Å². The molecule has 4 heteroatoms. The van der Waals surface area contributed by atoms with E-state index in [1.165, 1.54) is 16.7 Å². The number of nitrogens with zero attached hydrogens (tertiary/aromatic N) is 1. The zero-order valence-corrected chi connectivity index (χ0v) is 18.6. The van der Waals surface area contributed by atoms with Crippen molar-refractivity contribution in [2.45, 2.75) is 31.2 Å². The molecule has 3 aliphatic rings. The number of halogens is 1. The van der Waals surface area contributed by atoms with Crippen LogP contribution in [0.4, 0.5) is 11.4 Å². The second-order valence-corrected chi connectivity index (χ2v) is 9.45. The van der Waals surface area contributed by atoms with Crippen LogP contribution in [-0.2, 0) is 6.42 Å². The van der Waals surface area contributed by atoms with Crippen molar-refractivity contribution >= 4 is 28.9 Å². The monoisotopic (exact) mass is 440 g/mol. The fourth-order valence-electron chi connectivity index (χ4n) is 5.63. The van der Waals surface area contributed by atoms with Crippen LogP contribution in [0.5, 0.6) is 0 Å². The molecule has 6 rings (SSSR count). The number of anilines is 2. The van der Waals surface area contributed by atoms with Crippen LogP contribution in [0.25, 0.3) is 0 Å². The van der Waals surface area contributed by atoms with E-state index in [0.29, 0.717) is 11.8 Å². The summed E-state index contributed by atoms with van der Waals surface area (Å²) < 4.78 is 0. The largest absolute Gasteiger partial charge is 0.378 e. The molecule has 0 spiro atoms. The van der Waals surface area contributed by atoms with Gasteiger partial charge in [0, 0.05) is 34.4 Å². The first-order valence-corrected chi connectivity index (χ1v) is 11.8. The first kappa shape index (κ1) is 19.6. The molecule has 1 amide bonds. The summed E-state index contributed by atoms with van der Waals surface area (Å²) in [7, 11) is 0. The molecule has 1 aliphatic carbocycles. The van der Waals surface area contributed by atoms with Crippen LogP contribution in [-0.4, -0.2) is 12.5 Å². The molecule has 32 heavy (non-hydrogen) atoms. The number of carbonyl (C=O) groups is 1. The normalized spacial score (nSPS) is 23.2. The maximum atomic E-state index is 13.5. The minimum absolute atomic E-state index is 0.0956. The van der Waals surface area contributed by atoms with Crippen LogP contribution in [0.15, 0.2) is 78.9 Å². The summed E-state index contributed by atoms with van der Waals surface area (Å²) >= 11 is 6.12. The van der Waals surface area contributed by atoms with Gasteiger partial charge in [0.15, 0.2) is 0 Å². The summed E-state index contributed by atoms with van der Waals surface area (Å²) in [6.45, 7) is 0.774. The van der Waals surface area contributed by atoms with Gasteiger partial charge in [0.2, 0.25) is 0 Å². The van der Waals surface area contributed by atoms with Gasteiger partial charge in [-0.2, -0.15) is 0 Å². The van der Waals surface area contributed by atoms with Gasteiger partial charge in [-0.05, 0) is 78.3 Å². The van der Waals surface area contributed by atoms with Gasteiger partial charge >= 0.3 is 0 Å². The second-order valence-electron chi connectivity index (χ2n) is 9.02. The lowest BCUT2D eigenvalue weighted by Gasteiger charge is -2.38. The van der Waals surface area contributed by atoms with Crippen molar-refractivity contribution in [1.82, 2.24) is 0 Å². The van der Waals surface area contributed by atoms with Gasteiger partial charge in [-0.15, -0.1) is 0 Å². The fraction of sp³-hybridized carbons (Fsp3) is 0.250. The predicted octanol–water partition coefficient (Wildman–Crippen LogP) is 6.76. The lowest BCUT2D eigenvalue weighted by molar-refractivity contribution is 0.0985. The Kier molecular flexibility index (Phi) is 4.80. The van der Waals surface area contributed by atoms with E-state index in [2.05, 4.69) is 59.9 Å². The molecule has 3 nitrogen and oxygen atoms in total. The van der Waals surface area contributed by atoms with Crippen LogP contribution in [0.1, 0.15) is 51.8 Å². The standard InChI is InChI=1S/C28H25ClN2O/c29-21-13-10-19(11-14-21)27-23-8-3-7-22(23)24-17-20(12-15-25(24)30-27)28(32)31-16-4-6-18-5-1-2-9-26(18)31/h1-3,5,7,9-15,17,22-23,27,30H,4,6,8,16H2/t22-,23-,27-/m1/s1. The maximum Gasteiger partial charge on any atom is 0.258 e. The molecule has 0 radical (unpaired) electrons. The van der Waals surface area contributed by atoms with E-state index < -0.39 is 0 Å². The zero-order valence-electron chi connectivity index (χ0n) is 17.8. The number of fused-ring (bicyclic) bond motifs is 4. The molecule has 3 aromatic rings. The van der Waals surface area contributed by atoms with Crippen molar-refractivity contribution in [2.24, 2.45) is 5.92 Å². The lowest BCUT2D eigenvalue weighted by Crippen LogP contribution is -2.36. The summed E-state index contributed by atoms with van der Waals surface area (Å²) in [5.74, 6) is 0.844. The van der Waals surface area contributed by atoms with Gasteiger partial charge in [0.1, 0.15) is 0 Å². The Balaban J connectivity index is 1.34. The molecule has 0 saturated carbocycles. The number of aryl methyl sites for hydroxylation is 1. The number of benzene rings is 3. The Hall–Kier alpha value is -3.04. The van der Waals surface area contributed by atoms with Crippen molar-refractivity contribution in [3.63, 3.8) is 0 Å². The van der Waals surface area contributed by atoms with Crippen LogP contribution in [0.3, 0.4) is 0 Å². The highest BCUT2D eigenvalue weighted by Crippen LogP contribution is 2.50. The number of carbonyl (C=O) groups excluding carboxylic acids is 1. The minimum atomic E-state index is 0.0956. The smallest absolute Gasteiger partial charge is 0.258 e. The molecule has 0 bridgehead atoms. The summed E-state index contributed by atoms with van der Waals surface area (Å²) in [6.07, 6.45) is 7.67. The molecule has 2 aliphatic heterocycles. The van der Waals surface area contributed by atoms with E-state index in [9.17, 15) is 4.79 Å². The zero-order chi connectivity index (χ0) is 21.7. The molecular weight excluding hydrogens is 416 g/mol. The SMILES string of the molecule is O=C(c1ccc2c(c1)[C@@H]1C=CC[C@H]1[C@@H](c1ccc(Cl)cc1)N2)N1CCCc2ccccc21. The topological polar surface area (TPSA) is 32.3 Å². The first-order chi connectivity index (χ1) is 15.7. The van der Waals surface area contributed by atoms with Crippen molar-refractivity contribution in [3.8, 4) is 0 Å². The molecule has 0 saturated heterocycles. The number of rotatable bonds is 2. The number of allylic oxidation sites excluding steroid dienone is 2. The molecule has 0 unspecified atom stereocenters. The number of hydrogen-bond donors (Lipinski definition) is 1. The van der Waals surface area contributed by atoms with E-state index in [4.69, 9.17) is 11.6 Å². The van der Waals surface area contributed by atoms with Crippen LogP contribution < -0.4 is 10.2 Å². The fourth-order valence-corrected chi connectivity index (χ4v) is 5.75. The van der Waals surface area contributed by atoms with E-state index >= 15 is 0 Å². The van der Waals surface area contributed by atoms with Gasteiger partial charge in [0.25, 0.3) is 5.91 Å². The Morgan fingerprint density at radius 1 is 1.03 bits per heavy atom. The Morgan fingerprint density at radius 2 is 1.88 bits per heavy atom. The quantitative estimate of drug-likeness (QED) is 0.446. The maximum absolute atomic E-state index is 13.5. The predicted molar refractivity (Wildman–Crippen MR) is 131 cm³/mol. The average molecular weight is 441 g/mol. The molecule has 2 heterocycles. The van der Waals surface area contributed by atoms with E-state index in [1.807, 2.05) is 29.2 Å². The first-order valence-electron chi connectivity index (χ1n) is 11.4. The molecule has 1 N–H and O–H groups in total. The number of hydrogen-bond acceptors (Lipinski definition) is 2. The molecule has 3 atom stereocenters. The number of amides is 1. The van der Waals surface area contributed by atoms with Gasteiger partial charge in [-0.3, -0.25) is 4.79 Å². The van der Waals surface area contributed by atoms with E-state index in [0.717, 1.165) is 47.8 Å². The lowest BCUT2D eigenvalue weighted by atomic mass is 9.76. The van der Waals surface area contributed by atoms with Crippen molar-refractivity contribution < 1.29 is 4.79 Å². The highest BCUT2D eigenvalue weighted by molar-refractivity contribution is 6.30. The molecule has 160 valence electrons. The average Bonchev–Trinajstić information content (AvgIpc) is 3.33. The third-order valence-electron chi connectivity index (χ3n) is 7.19. The summed E-state index contributed by atoms with van der Waals surface area (Å²) in [5, 5.41) is 4.52. The van der Waals surface area contributed by atoms with Crippen molar-refractivity contribution in [3.05, 3.63) is 106 Å². The highest BCUT2D eigenvalue weighted by atomic mass is 35.5. The number of para-hydroxylation sites is 1. The van der Waals surface area contributed by atoms with Crippen LogP contribution in [0.2, 0.25) is 5.02 Å². The third kappa shape index (κ3) is 3.23. The molecule has 0 fully saturated rings. The van der Waals surface area contributed by atoms with E-state index in [-0.39, 0.29) is 11.9 Å². The Morgan fingerprint density at radius 3 is 2.75 bits per heavy atom. The highest BCUT2D eigenvalue weighted by Gasteiger charge is 2.38. The second kappa shape index (κ2) is 7.83. The Bertz CT molecular complexity index is 1220. The van der Waals surface area contributed by atoms with Crippen LogP contribution >= 0.6 is 11.6 Å². The third-order valence-corrected chi connectivity index (χ3v) is 7.45. The van der Waals surface area contributed by atoms with Gasteiger partial charge < -0.3 is 10.2 Å². The number of nitrogens with one attached hydrogen (secondary N) is 1. The summed E-state index contributed by atoms with van der Waals surface area (Å²) in [4.78, 5) is 15.5. The van der Waals surface area contributed by atoms with Crippen LogP contribution in [0, 0.1) is 5.92 Å². The molecule has 3 aromatic carbocycles. The van der Waals surface area contributed by atoms with E-state index in [1.54, 1.807) is 0 Å². The minimum Gasteiger partial charge on any atom is -0.378 e. The van der Waals surface area contributed by atoms with Crippen molar-refractivity contribution in [1.29, 1.82) is 0 Å². The molecule has 0 aromatic heterocycles. The Labute approximate surface area is 193 Å².